The average Bonchev–Trinajstić information content (AvgIpc) is 2.62. The number of aliphatic imine (C=N–C) groups is 4. The quantitative estimate of drug-likeness (QED) is 0.0618. The molecule has 480 valence electrons. The Bertz CT molecular complexity index is 2500. The van der Waals surface area contributed by atoms with Gasteiger partial charge in [-0.1, -0.05) is 259 Å². The van der Waals surface area contributed by atoms with E-state index in [0.29, 0.717) is 26.4 Å². The number of hydrogen-bond donors (Lipinski definition) is 0. The van der Waals surface area contributed by atoms with Crippen molar-refractivity contribution in [3.05, 3.63) is 131 Å². The summed E-state index contributed by atoms with van der Waals surface area (Å²) in [5.74, 6) is 3.26. The molecular formula is C80H116N4O4. The van der Waals surface area contributed by atoms with Crippen LogP contribution in [-0.2, 0) is 0 Å². The summed E-state index contributed by atoms with van der Waals surface area (Å²) in [5, 5.41) is 0. The van der Waals surface area contributed by atoms with Crippen LogP contribution in [0.5, 0.6) is 23.0 Å². The van der Waals surface area contributed by atoms with Crippen LogP contribution >= 0.6 is 0 Å². The van der Waals surface area contributed by atoms with Crippen molar-refractivity contribution < 1.29 is 18.9 Å². The van der Waals surface area contributed by atoms with E-state index in [-0.39, 0.29) is 0 Å². The van der Waals surface area contributed by atoms with E-state index in [2.05, 4.69) is 125 Å². The van der Waals surface area contributed by atoms with Crippen LogP contribution in [0.25, 0.3) is 11.1 Å². The van der Waals surface area contributed by atoms with Crippen molar-refractivity contribution in [1.29, 1.82) is 0 Å². The van der Waals surface area contributed by atoms with Gasteiger partial charge in [-0.25, -0.2) is 20.0 Å². The van der Waals surface area contributed by atoms with Crippen molar-refractivity contribution in [3.63, 3.8) is 0 Å². The fraction of sp³-hybridized carbons (Fsp3) is 0.600. The van der Waals surface area contributed by atoms with Crippen LogP contribution < -0.4 is 18.9 Å². The van der Waals surface area contributed by atoms with Gasteiger partial charge in [0.1, 0.15) is 23.0 Å². The molecule has 0 aromatic heterocycles. The van der Waals surface area contributed by atoms with Crippen LogP contribution in [0.2, 0.25) is 0 Å². The van der Waals surface area contributed by atoms with E-state index in [4.69, 9.17) is 38.9 Å². The molecule has 8 nitrogen and oxygen atoms in total. The Labute approximate surface area is 535 Å². The molecule has 5 heterocycles. The molecular weight excluding hydrogens is 1080 g/mol. The third kappa shape index (κ3) is 26.4. The fourth-order valence-corrected chi connectivity index (χ4v) is 12.4. The minimum Gasteiger partial charge on any atom is -0.493 e. The molecule has 88 heavy (non-hydrogen) atoms. The monoisotopic (exact) mass is 1200 g/mol. The van der Waals surface area contributed by atoms with E-state index in [1.54, 1.807) is 0 Å². The molecule has 7 rings (SSSR count). The molecule has 0 aliphatic carbocycles. The van der Waals surface area contributed by atoms with E-state index >= 15 is 0 Å². The highest BCUT2D eigenvalue weighted by Crippen LogP contribution is 2.38. The third-order valence-corrected chi connectivity index (χ3v) is 17.7. The molecule has 0 saturated carbocycles. The average molecular weight is 1200 g/mol. The van der Waals surface area contributed by atoms with Gasteiger partial charge in [0.25, 0.3) is 0 Å². The first kappa shape index (κ1) is 69.7. The second kappa shape index (κ2) is 43.0. The van der Waals surface area contributed by atoms with Crippen LogP contribution in [0.15, 0.2) is 140 Å². The zero-order valence-electron chi connectivity index (χ0n) is 55.8. The van der Waals surface area contributed by atoms with E-state index in [9.17, 15) is 0 Å². The second-order valence-corrected chi connectivity index (χ2v) is 25.6. The maximum Gasteiger partial charge on any atom is 0.123 e. The molecule has 0 unspecified atom stereocenters. The molecule has 8 heteroatoms. The lowest BCUT2D eigenvalue weighted by atomic mass is 9.98. The highest BCUT2D eigenvalue weighted by molar-refractivity contribution is 6.34. The maximum atomic E-state index is 6.63. The van der Waals surface area contributed by atoms with Crippen molar-refractivity contribution in [2.24, 2.45) is 20.0 Å². The predicted octanol–water partition coefficient (Wildman–Crippen LogP) is 23.8. The van der Waals surface area contributed by atoms with E-state index in [1.165, 1.54) is 231 Å². The molecule has 8 bridgehead atoms. The first-order chi connectivity index (χ1) is 43.5. The van der Waals surface area contributed by atoms with E-state index in [1.807, 2.05) is 0 Å². The normalized spacial score (nSPS) is 14.9. The summed E-state index contributed by atoms with van der Waals surface area (Å²) in [4.78, 5) is 21.3. The largest absolute Gasteiger partial charge is 0.493 e. The number of fused-ring (bicyclic) bond motifs is 4. The molecule has 0 saturated heterocycles. The zero-order valence-corrected chi connectivity index (χ0v) is 55.8. The molecule has 2 aromatic rings. The standard InChI is InChI=1S/C80H116N4O4/c1-5-9-13-17-21-25-29-33-37-41-53-85-71-57-65(58-72(63-71)86-54-42-38-34-30-26-22-18-14-10-6-2)79-75-49-45-67(81-75)61-69-47-51-77(83-69)80(78-52-48-70(84-78)62-68-46-50-76(79)82-68)66-59-73(87-55-43-39-35-31-27-23-19-15-11-7-3)64-74(60-66)88-56-44-40-36-32-28-24-20-16-12-8-4/h45-52,57-64H,5-44,53-56H2,1-4H3. The van der Waals surface area contributed by atoms with Gasteiger partial charge in [0.15, 0.2) is 0 Å². The molecule has 0 N–H and O–H groups in total. The van der Waals surface area contributed by atoms with Crippen LogP contribution in [-0.4, -0.2) is 49.3 Å². The number of rotatable bonds is 50. The van der Waals surface area contributed by atoms with Crippen molar-refractivity contribution >= 4 is 34.0 Å². The van der Waals surface area contributed by atoms with Crippen LogP contribution in [0.4, 0.5) is 0 Å². The Hall–Kier alpha value is -5.76. The van der Waals surface area contributed by atoms with Crippen LogP contribution in [0, 0.1) is 0 Å². The smallest absolute Gasteiger partial charge is 0.123 e. The lowest BCUT2D eigenvalue weighted by molar-refractivity contribution is 0.289. The van der Waals surface area contributed by atoms with Crippen LogP contribution in [0.1, 0.15) is 296 Å². The first-order valence-electron chi connectivity index (χ1n) is 36.4. The summed E-state index contributed by atoms with van der Waals surface area (Å²) in [6, 6.07) is 12.8. The molecule has 0 fully saturated rings. The highest BCUT2D eigenvalue weighted by atomic mass is 16.5. The Morgan fingerprint density at radius 1 is 0.250 bits per heavy atom. The van der Waals surface area contributed by atoms with Gasteiger partial charge in [-0.15, -0.1) is 0 Å². The molecule has 0 radical (unpaired) electrons. The Kier molecular flexibility index (Phi) is 34.1. The molecule has 0 spiro atoms. The molecule has 2 aromatic carbocycles. The third-order valence-electron chi connectivity index (χ3n) is 17.7. The second-order valence-electron chi connectivity index (χ2n) is 25.6. The molecule has 0 amide bonds. The van der Waals surface area contributed by atoms with E-state index < -0.39 is 0 Å². The lowest BCUT2D eigenvalue weighted by Crippen LogP contribution is -2.04. The van der Waals surface area contributed by atoms with Gasteiger partial charge >= 0.3 is 0 Å². The van der Waals surface area contributed by atoms with Crippen molar-refractivity contribution in [1.82, 2.24) is 0 Å². The number of nitrogens with zero attached hydrogens (tertiary/aromatic N) is 4. The molecule has 5 aliphatic heterocycles. The van der Waals surface area contributed by atoms with Gasteiger partial charge in [0.2, 0.25) is 0 Å². The summed E-state index contributed by atoms with van der Waals surface area (Å²) >= 11 is 0. The number of hydrogen-bond acceptors (Lipinski definition) is 8. The predicted molar refractivity (Wildman–Crippen MR) is 379 cm³/mol. The Morgan fingerprint density at radius 3 is 0.761 bits per heavy atom. The Balaban J connectivity index is 1.10. The Morgan fingerprint density at radius 2 is 0.500 bits per heavy atom. The van der Waals surface area contributed by atoms with Crippen molar-refractivity contribution in [3.8, 4) is 23.0 Å². The summed E-state index contributed by atoms with van der Waals surface area (Å²) < 4.78 is 26.5. The SMILES string of the molecule is CCCCCCCCCCCCOc1cc(OCCCCCCCCCCCC)cc(C2=C3C=CC(=N3)C=C3C=CC(=N3)C(c3cc(OCCCCCCCCCCCC)cc(OCCCCCCCCCCCC)c3)=C3C=CC(=N3)C=C3C=CC2=N3)c1. The van der Waals surface area contributed by atoms with Gasteiger partial charge in [-0.2, -0.15) is 0 Å². The number of ether oxygens (including phenoxy) is 4. The van der Waals surface area contributed by atoms with Gasteiger partial charge in [0.05, 0.1) is 72.1 Å². The number of benzene rings is 2. The fourth-order valence-electron chi connectivity index (χ4n) is 12.4. The van der Waals surface area contributed by atoms with Gasteiger partial charge in [-0.3, -0.25) is 0 Å². The molecule has 5 aliphatic rings. The van der Waals surface area contributed by atoms with Crippen LogP contribution in [0.3, 0.4) is 0 Å². The highest BCUT2D eigenvalue weighted by Gasteiger charge is 2.24. The maximum absolute atomic E-state index is 6.63. The summed E-state index contributed by atoms with van der Waals surface area (Å²) in [5.41, 5.74) is 10.5. The number of allylic oxidation sites excluding steroid dienone is 12. The molecule has 0 atom stereocenters. The first-order valence-corrected chi connectivity index (χ1v) is 36.4. The van der Waals surface area contributed by atoms with Gasteiger partial charge in [0, 0.05) is 23.3 Å². The van der Waals surface area contributed by atoms with Crippen molar-refractivity contribution in [2.75, 3.05) is 26.4 Å². The van der Waals surface area contributed by atoms with Gasteiger partial charge in [-0.05, 0) is 122 Å². The van der Waals surface area contributed by atoms with E-state index in [0.717, 1.165) is 117 Å². The minimum atomic E-state index is 0.671. The zero-order chi connectivity index (χ0) is 61.3. The summed E-state index contributed by atoms with van der Waals surface area (Å²) in [6.45, 7) is 11.8. The number of unbranched alkanes of at least 4 members (excludes halogenated alkanes) is 36. The van der Waals surface area contributed by atoms with Gasteiger partial charge < -0.3 is 18.9 Å². The lowest BCUT2D eigenvalue weighted by Gasteiger charge is -2.15. The summed E-state index contributed by atoms with van der Waals surface area (Å²) in [7, 11) is 0. The summed E-state index contributed by atoms with van der Waals surface area (Å²) in [6.07, 6.45) is 72.5. The minimum absolute atomic E-state index is 0.671. The van der Waals surface area contributed by atoms with Crippen molar-refractivity contribution in [2.45, 2.75) is 285 Å². The topological polar surface area (TPSA) is 86.4 Å².